The molecule has 1 amide bonds. The fourth-order valence-corrected chi connectivity index (χ4v) is 5.85. The first-order chi connectivity index (χ1) is 16.9. The van der Waals surface area contributed by atoms with Gasteiger partial charge in [-0.25, -0.2) is 8.42 Å². The standard InChI is InChI=1S/C24H28Cl2F3N3O3S/c1-3-36(34,35)22-7-6-17(25)9-16(22)12-31-23(33)15-10-20(24(27,28)29)19(21(26)11-15)14-32-8-4-5-18(13-32)30-2/h6-7,9-11,18,30H,3-5,8,12-14H2,1-2H3,(H,31,33). The molecule has 1 aliphatic rings. The molecule has 0 saturated carbocycles. The molecule has 2 aromatic carbocycles. The number of sulfone groups is 1. The van der Waals surface area contributed by atoms with Gasteiger partial charge < -0.3 is 10.6 Å². The second-order valence-electron chi connectivity index (χ2n) is 8.68. The van der Waals surface area contributed by atoms with E-state index in [9.17, 15) is 26.4 Å². The minimum absolute atomic E-state index is 0.000431. The van der Waals surface area contributed by atoms with E-state index in [-0.39, 0.29) is 56.5 Å². The Bertz CT molecular complexity index is 1220. The summed E-state index contributed by atoms with van der Waals surface area (Å²) in [7, 11) is -1.79. The third-order valence-electron chi connectivity index (χ3n) is 6.24. The van der Waals surface area contributed by atoms with E-state index >= 15 is 0 Å². The van der Waals surface area contributed by atoms with Gasteiger partial charge in [-0.2, -0.15) is 13.2 Å². The smallest absolute Gasteiger partial charge is 0.348 e. The fraction of sp³-hybridized carbons (Fsp3) is 0.458. The maximum absolute atomic E-state index is 14.0. The molecule has 0 aliphatic carbocycles. The number of nitrogens with zero attached hydrogens (tertiary/aromatic N) is 1. The van der Waals surface area contributed by atoms with Crippen molar-refractivity contribution in [3.05, 3.63) is 62.6 Å². The Morgan fingerprint density at radius 1 is 1.19 bits per heavy atom. The van der Waals surface area contributed by atoms with E-state index in [2.05, 4.69) is 10.6 Å². The van der Waals surface area contributed by atoms with Crippen LogP contribution in [0.25, 0.3) is 0 Å². The van der Waals surface area contributed by atoms with Gasteiger partial charge in [-0.15, -0.1) is 0 Å². The Labute approximate surface area is 219 Å². The van der Waals surface area contributed by atoms with Crippen molar-refractivity contribution in [2.45, 2.75) is 50.0 Å². The van der Waals surface area contributed by atoms with Gasteiger partial charge >= 0.3 is 6.18 Å². The number of amides is 1. The number of hydrogen-bond acceptors (Lipinski definition) is 5. The molecule has 1 fully saturated rings. The molecular weight excluding hydrogens is 538 g/mol. The highest BCUT2D eigenvalue weighted by Crippen LogP contribution is 2.37. The van der Waals surface area contributed by atoms with Gasteiger partial charge in [0.2, 0.25) is 0 Å². The first kappa shape index (κ1) is 28.7. The van der Waals surface area contributed by atoms with E-state index in [0.29, 0.717) is 13.1 Å². The number of hydrogen-bond donors (Lipinski definition) is 2. The Morgan fingerprint density at radius 3 is 2.56 bits per heavy atom. The van der Waals surface area contributed by atoms with Gasteiger partial charge in [0, 0.05) is 41.3 Å². The lowest BCUT2D eigenvalue weighted by Gasteiger charge is -2.33. The van der Waals surface area contributed by atoms with Crippen molar-refractivity contribution in [2.75, 3.05) is 25.9 Å². The maximum Gasteiger partial charge on any atom is 0.416 e. The number of rotatable bonds is 8. The molecule has 0 radical (unpaired) electrons. The lowest BCUT2D eigenvalue weighted by molar-refractivity contribution is -0.138. The molecule has 0 aromatic heterocycles. The molecule has 2 N–H and O–H groups in total. The van der Waals surface area contributed by atoms with Crippen LogP contribution in [0.15, 0.2) is 35.2 Å². The molecule has 12 heteroatoms. The van der Waals surface area contributed by atoms with Crippen LogP contribution in [0.5, 0.6) is 0 Å². The minimum atomic E-state index is -4.72. The van der Waals surface area contributed by atoms with E-state index in [1.165, 1.54) is 31.2 Å². The number of halogens is 5. The quantitative estimate of drug-likeness (QED) is 0.475. The summed E-state index contributed by atoms with van der Waals surface area (Å²) in [6, 6.07) is 6.35. The number of likely N-dealkylation sites (tertiary alicyclic amines) is 1. The molecule has 1 atom stereocenters. The van der Waals surface area contributed by atoms with Crippen LogP contribution in [0.1, 0.15) is 46.8 Å². The van der Waals surface area contributed by atoms with Gasteiger partial charge in [0.05, 0.1) is 16.2 Å². The normalized spacial score (nSPS) is 17.2. The summed E-state index contributed by atoms with van der Waals surface area (Å²) in [5, 5.41) is 5.76. The highest BCUT2D eigenvalue weighted by Gasteiger charge is 2.36. The molecule has 1 unspecified atom stereocenters. The predicted octanol–water partition coefficient (Wildman–Crippen LogP) is 4.92. The molecule has 1 heterocycles. The molecule has 1 aliphatic heterocycles. The third-order valence-corrected chi connectivity index (χ3v) is 8.64. The molecular formula is C24H28Cl2F3N3O3S. The second kappa shape index (κ2) is 11.7. The second-order valence-corrected chi connectivity index (χ2v) is 11.8. The summed E-state index contributed by atoms with van der Waals surface area (Å²) in [6.07, 6.45) is -2.92. The van der Waals surface area contributed by atoms with Crippen LogP contribution in [0, 0.1) is 0 Å². The predicted molar refractivity (Wildman–Crippen MR) is 134 cm³/mol. The largest absolute Gasteiger partial charge is 0.416 e. The van der Waals surface area contributed by atoms with Crippen molar-refractivity contribution >= 4 is 38.9 Å². The zero-order valence-corrected chi connectivity index (χ0v) is 22.2. The third kappa shape index (κ3) is 6.92. The van der Waals surface area contributed by atoms with Crippen LogP contribution in [-0.2, 0) is 29.1 Å². The minimum Gasteiger partial charge on any atom is -0.348 e. The summed E-state index contributed by atoms with van der Waals surface area (Å²) in [4.78, 5) is 14.7. The topological polar surface area (TPSA) is 78.5 Å². The molecule has 36 heavy (non-hydrogen) atoms. The van der Waals surface area contributed by atoms with Crippen molar-refractivity contribution in [1.82, 2.24) is 15.5 Å². The number of carbonyl (C=O) groups is 1. The van der Waals surface area contributed by atoms with Gasteiger partial charge in [0.1, 0.15) is 0 Å². The van der Waals surface area contributed by atoms with Crippen LogP contribution in [0.2, 0.25) is 10.0 Å². The average Bonchev–Trinajstić information content (AvgIpc) is 2.82. The monoisotopic (exact) mass is 565 g/mol. The zero-order valence-electron chi connectivity index (χ0n) is 19.9. The highest BCUT2D eigenvalue weighted by molar-refractivity contribution is 7.91. The van der Waals surface area contributed by atoms with Gasteiger partial charge in [0.25, 0.3) is 5.91 Å². The first-order valence-electron chi connectivity index (χ1n) is 11.4. The van der Waals surface area contributed by atoms with E-state index in [0.717, 1.165) is 18.9 Å². The van der Waals surface area contributed by atoms with Crippen LogP contribution >= 0.6 is 23.2 Å². The lowest BCUT2D eigenvalue weighted by Crippen LogP contribution is -2.44. The van der Waals surface area contributed by atoms with Crippen molar-refractivity contribution < 1.29 is 26.4 Å². The maximum atomic E-state index is 14.0. The van der Waals surface area contributed by atoms with Gasteiger partial charge in [-0.3, -0.25) is 9.69 Å². The number of nitrogens with one attached hydrogen (secondary N) is 2. The van der Waals surface area contributed by atoms with E-state index in [1.54, 1.807) is 0 Å². The summed E-state index contributed by atoms with van der Waals surface area (Å²) in [5.74, 6) is -0.977. The van der Waals surface area contributed by atoms with Crippen molar-refractivity contribution in [1.29, 1.82) is 0 Å². The average molecular weight is 566 g/mol. The van der Waals surface area contributed by atoms with Crippen LogP contribution in [0.4, 0.5) is 13.2 Å². The van der Waals surface area contributed by atoms with Gasteiger partial charge in [0.15, 0.2) is 9.84 Å². The summed E-state index contributed by atoms with van der Waals surface area (Å²) in [6.45, 7) is 2.49. The Kier molecular flexibility index (Phi) is 9.32. The number of alkyl halides is 3. The molecule has 0 bridgehead atoms. The first-order valence-corrected chi connectivity index (χ1v) is 13.8. The van der Waals surface area contributed by atoms with Gasteiger partial charge in [-0.05, 0) is 67.9 Å². The molecule has 3 rings (SSSR count). The van der Waals surface area contributed by atoms with Crippen LogP contribution in [-0.4, -0.2) is 51.2 Å². The number of likely N-dealkylation sites (N-methyl/N-ethyl adjacent to an activating group) is 1. The van der Waals surface area contributed by atoms with Crippen molar-refractivity contribution in [2.24, 2.45) is 0 Å². The summed E-state index contributed by atoms with van der Waals surface area (Å²) in [5.41, 5.74) is -1.09. The Balaban J connectivity index is 1.87. The molecule has 1 saturated heterocycles. The van der Waals surface area contributed by atoms with Gasteiger partial charge in [-0.1, -0.05) is 30.1 Å². The summed E-state index contributed by atoms with van der Waals surface area (Å²) < 4.78 is 66.7. The molecule has 2 aromatic rings. The van der Waals surface area contributed by atoms with Crippen LogP contribution < -0.4 is 10.6 Å². The van der Waals surface area contributed by atoms with E-state index in [4.69, 9.17) is 23.2 Å². The number of carbonyl (C=O) groups excluding carboxylic acids is 1. The molecule has 6 nitrogen and oxygen atoms in total. The lowest BCUT2D eigenvalue weighted by atomic mass is 10.00. The van der Waals surface area contributed by atoms with Crippen molar-refractivity contribution in [3.63, 3.8) is 0 Å². The van der Waals surface area contributed by atoms with E-state index in [1.807, 2.05) is 11.9 Å². The molecule has 0 spiro atoms. The fourth-order valence-electron chi connectivity index (χ4n) is 4.26. The van der Waals surface area contributed by atoms with Crippen LogP contribution in [0.3, 0.4) is 0 Å². The zero-order chi connectivity index (χ0) is 26.7. The Morgan fingerprint density at radius 2 is 1.92 bits per heavy atom. The number of piperidine rings is 1. The number of benzene rings is 2. The summed E-state index contributed by atoms with van der Waals surface area (Å²) >= 11 is 12.3. The van der Waals surface area contributed by atoms with E-state index < -0.39 is 27.5 Å². The SMILES string of the molecule is CCS(=O)(=O)c1ccc(Cl)cc1CNC(=O)c1cc(Cl)c(CN2CCCC(NC)C2)c(C(F)(F)F)c1. The molecule has 198 valence electrons. The highest BCUT2D eigenvalue weighted by atomic mass is 35.5. The van der Waals surface area contributed by atoms with Crippen molar-refractivity contribution in [3.8, 4) is 0 Å². The Hall–Kier alpha value is -1.85.